The van der Waals surface area contributed by atoms with Crippen LogP contribution < -0.4 is 5.32 Å². The average Bonchev–Trinajstić information content (AvgIpc) is 2.93. The zero-order valence-electron chi connectivity index (χ0n) is 12.5. The van der Waals surface area contributed by atoms with Crippen molar-refractivity contribution in [1.82, 2.24) is 14.9 Å². The van der Waals surface area contributed by atoms with Gasteiger partial charge in [0.1, 0.15) is 16.8 Å². The molecular formula is C17H19ClN4. The molecule has 1 aromatic heterocycles. The molecule has 1 N–H and O–H groups in total. The van der Waals surface area contributed by atoms with Crippen molar-refractivity contribution in [3.05, 3.63) is 52.9 Å². The highest BCUT2D eigenvalue weighted by molar-refractivity contribution is 6.29. The Morgan fingerprint density at radius 1 is 1.18 bits per heavy atom. The Labute approximate surface area is 135 Å². The molecule has 5 heteroatoms. The Morgan fingerprint density at radius 3 is 2.59 bits per heavy atom. The fourth-order valence-corrected chi connectivity index (χ4v) is 3.80. The smallest absolute Gasteiger partial charge is 0.134 e. The van der Waals surface area contributed by atoms with E-state index < -0.39 is 0 Å². The molecular weight excluding hydrogens is 296 g/mol. The van der Waals surface area contributed by atoms with Gasteiger partial charge in [-0.25, -0.2) is 9.97 Å². The van der Waals surface area contributed by atoms with Crippen LogP contribution in [0.1, 0.15) is 11.4 Å². The molecule has 1 saturated heterocycles. The quantitative estimate of drug-likeness (QED) is 0.881. The Kier molecular flexibility index (Phi) is 3.51. The van der Waals surface area contributed by atoms with Crippen molar-refractivity contribution in [1.29, 1.82) is 0 Å². The van der Waals surface area contributed by atoms with E-state index in [4.69, 9.17) is 11.6 Å². The highest BCUT2D eigenvalue weighted by Gasteiger charge is 2.55. The second-order valence-electron chi connectivity index (χ2n) is 6.30. The summed E-state index contributed by atoms with van der Waals surface area (Å²) in [6, 6.07) is 13.0. The minimum absolute atomic E-state index is 0.506. The predicted molar refractivity (Wildman–Crippen MR) is 87.9 cm³/mol. The summed E-state index contributed by atoms with van der Waals surface area (Å²) >= 11 is 5.99. The van der Waals surface area contributed by atoms with Gasteiger partial charge in [0.05, 0.1) is 0 Å². The molecule has 4 rings (SSSR count). The molecule has 1 saturated carbocycles. The van der Waals surface area contributed by atoms with Gasteiger partial charge in [0.15, 0.2) is 0 Å². The first-order chi connectivity index (χ1) is 10.7. The number of rotatable bonds is 4. The van der Waals surface area contributed by atoms with Crippen LogP contribution in [-0.4, -0.2) is 34.0 Å². The Bertz CT molecular complexity index is 643. The van der Waals surface area contributed by atoms with E-state index in [1.807, 2.05) is 13.0 Å². The van der Waals surface area contributed by atoms with E-state index >= 15 is 0 Å². The summed E-state index contributed by atoms with van der Waals surface area (Å²) < 4.78 is 0. The van der Waals surface area contributed by atoms with Gasteiger partial charge in [-0.2, -0.15) is 0 Å². The van der Waals surface area contributed by atoms with E-state index in [2.05, 4.69) is 50.5 Å². The molecule has 2 atom stereocenters. The molecule has 0 amide bonds. The first kappa shape index (κ1) is 14.0. The normalized spacial score (nSPS) is 26.7. The fourth-order valence-electron chi connectivity index (χ4n) is 3.57. The maximum atomic E-state index is 5.99. The van der Waals surface area contributed by atoms with Crippen LogP contribution >= 0.6 is 11.6 Å². The van der Waals surface area contributed by atoms with Gasteiger partial charge in [0.25, 0.3) is 0 Å². The molecule has 1 aromatic carbocycles. The fraction of sp³-hybridized carbons (Fsp3) is 0.412. The first-order valence-corrected chi connectivity index (χ1v) is 8.11. The zero-order valence-corrected chi connectivity index (χ0v) is 13.3. The zero-order chi connectivity index (χ0) is 15.1. The third-order valence-electron chi connectivity index (χ3n) is 4.64. The molecule has 1 aliphatic carbocycles. The average molecular weight is 315 g/mol. The maximum Gasteiger partial charge on any atom is 0.134 e. The molecule has 0 radical (unpaired) electrons. The van der Waals surface area contributed by atoms with Gasteiger partial charge in [-0.05, 0) is 24.3 Å². The van der Waals surface area contributed by atoms with Gasteiger partial charge in [-0.3, -0.25) is 4.90 Å². The van der Waals surface area contributed by atoms with Gasteiger partial charge in [-0.1, -0.05) is 41.9 Å². The standard InChI is InChI=1S/C17H19ClN4/c1-11-19-15(18)7-16(20-11)21-17-13-9-22(10-14(13)17)8-12-5-3-2-4-6-12/h2-7,13-14,17H,8-10H2,1H3,(H,19,20,21). The lowest BCUT2D eigenvalue weighted by Gasteiger charge is -2.20. The third-order valence-corrected chi connectivity index (χ3v) is 4.83. The summed E-state index contributed by atoms with van der Waals surface area (Å²) in [4.78, 5) is 11.0. The van der Waals surface area contributed by atoms with Crippen molar-refractivity contribution in [2.45, 2.75) is 19.5 Å². The molecule has 2 fully saturated rings. The molecule has 0 bridgehead atoms. The Balaban J connectivity index is 1.33. The lowest BCUT2D eigenvalue weighted by Crippen LogP contribution is -2.27. The third kappa shape index (κ3) is 2.81. The number of fused-ring (bicyclic) bond motifs is 1. The molecule has 1 aliphatic heterocycles. The van der Waals surface area contributed by atoms with E-state index in [0.717, 1.165) is 37.3 Å². The molecule has 114 valence electrons. The van der Waals surface area contributed by atoms with Gasteiger partial charge >= 0.3 is 0 Å². The number of halogens is 1. The highest BCUT2D eigenvalue weighted by Crippen LogP contribution is 2.47. The van der Waals surface area contributed by atoms with Crippen molar-refractivity contribution in [3.63, 3.8) is 0 Å². The van der Waals surface area contributed by atoms with E-state index in [1.54, 1.807) is 0 Å². The van der Waals surface area contributed by atoms with Crippen LogP contribution in [0.5, 0.6) is 0 Å². The van der Waals surface area contributed by atoms with Crippen molar-refractivity contribution >= 4 is 17.4 Å². The number of piperidine rings is 1. The van der Waals surface area contributed by atoms with Crippen molar-refractivity contribution in [2.24, 2.45) is 11.8 Å². The second-order valence-corrected chi connectivity index (χ2v) is 6.69. The van der Waals surface area contributed by atoms with Crippen LogP contribution in [0.2, 0.25) is 5.15 Å². The molecule has 2 aliphatic rings. The van der Waals surface area contributed by atoms with Crippen molar-refractivity contribution in [3.8, 4) is 0 Å². The number of benzene rings is 1. The Morgan fingerprint density at radius 2 is 1.91 bits per heavy atom. The summed E-state index contributed by atoms with van der Waals surface area (Å²) in [7, 11) is 0. The number of aryl methyl sites for hydroxylation is 1. The van der Waals surface area contributed by atoms with E-state index in [-0.39, 0.29) is 0 Å². The molecule has 22 heavy (non-hydrogen) atoms. The van der Waals surface area contributed by atoms with Crippen LogP contribution in [0.3, 0.4) is 0 Å². The summed E-state index contributed by atoms with van der Waals surface area (Å²) in [6.07, 6.45) is 0. The molecule has 0 spiro atoms. The molecule has 2 aromatic rings. The Hall–Kier alpha value is -1.65. The monoisotopic (exact) mass is 314 g/mol. The SMILES string of the molecule is Cc1nc(Cl)cc(NC2C3CN(Cc4ccccc4)CC32)n1. The number of nitrogens with one attached hydrogen (secondary N) is 1. The van der Waals surface area contributed by atoms with Crippen molar-refractivity contribution < 1.29 is 0 Å². The number of aromatic nitrogens is 2. The van der Waals surface area contributed by atoms with Crippen LogP contribution in [-0.2, 0) is 6.54 Å². The van der Waals surface area contributed by atoms with E-state index in [0.29, 0.717) is 17.0 Å². The van der Waals surface area contributed by atoms with Gasteiger partial charge < -0.3 is 5.32 Å². The number of anilines is 1. The lowest BCUT2D eigenvalue weighted by molar-refractivity contribution is 0.292. The molecule has 2 heterocycles. The molecule has 2 unspecified atom stereocenters. The minimum Gasteiger partial charge on any atom is -0.367 e. The minimum atomic E-state index is 0.506. The summed E-state index contributed by atoms with van der Waals surface area (Å²) in [5, 5.41) is 4.03. The van der Waals surface area contributed by atoms with Gasteiger partial charge in [-0.15, -0.1) is 0 Å². The first-order valence-electron chi connectivity index (χ1n) is 7.73. The van der Waals surface area contributed by atoms with Crippen LogP contribution in [0.15, 0.2) is 36.4 Å². The largest absolute Gasteiger partial charge is 0.367 e. The van der Waals surface area contributed by atoms with Crippen molar-refractivity contribution in [2.75, 3.05) is 18.4 Å². The second kappa shape index (κ2) is 5.52. The summed E-state index contributed by atoms with van der Waals surface area (Å²) in [5.74, 6) is 3.04. The molecule has 4 nitrogen and oxygen atoms in total. The number of nitrogens with zero attached hydrogens (tertiary/aromatic N) is 3. The lowest BCUT2D eigenvalue weighted by atomic mass is 10.2. The summed E-state index contributed by atoms with van der Waals surface area (Å²) in [5.41, 5.74) is 1.39. The summed E-state index contributed by atoms with van der Waals surface area (Å²) in [6.45, 7) is 5.25. The maximum absolute atomic E-state index is 5.99. The van der Waals surface area contributed by atoms with Crippen LogP contribution in [0.25, 0.3) is 0 Å². The van der Waals surface area contributed by atoms with Crippen LogP contribution in [0, 0.1) is 18.8 Å². The number of hydrogen-bond acceptors (Lipinski definition) is 4. The highest BCUT2D eigenvalue weighted by atomic mass is 35.5. The van der Waals surface area contributed by atoms with E-state index in [1.165, 1.54) is 5.56 Å². The van der Waals surface area contributed by atoms with Gasteiger partial charge in [0.2, 0.25) is 0 Å². The number of likely N-dealkylation sites (tertiary alicyclic amines) is 1. The predicted octanol–water partition coefficient (Wildman–Crippen LogP) is 2.98. The van der Waals surface area contributed by atoms with Gasteiger partial charge in [0, 0.05) is 31.7 Å². The topological polar surface area (TPSA) is 41.1 Å². The van der Waals surface area contributed by atoms with E-state index in [9.17, 15) is 0 Å². The van der Waals surface area contributed by atoms with Crippen LogP contribution in [0.4, 0.5) is 5.82 Å². The number of hydrogen-bond donors (Lipinski definition) is 1.